The molecule has 0 atom stereocenters. The van der Waals surface area contributed by atoms with Crippen LogP contribution in [0.4, 0.5) is 0 Å². The Kier molecular flexibility index (Phi) is 3.42. The molecule has 5 nitrogen and oxygen atoms in total. The summed E-state index contributed by atoms with van der Waals surface area (Å²) < 4.78 is 10.8. The molecule has 3 N–H and O–H groups in total. The average Bonchev–Trinajstić information content (AvgIpc) is 2.94. The Balaban J connectivity index is 1.74. The van der Waals surface area contributed by atoms with Gasteiger partial charge in [0.15, 0.2) is 22.8 Å². The summed E-state index contributed by atoms with van der Waals surface area (Å²) in [5.41, 5.74) is 1.04. The second kappa shape index (κ2) is 5.63. The van der Waals surface area contributed by atoms with Gasteiger partial charge in [0, 0.05) is 6.42 Å². The van der Waals surface area contributed by atoms with Gasteiger partial charge in [-0.2, -0.15) is 0 Å². The third-order valence-electron chi connectivity index (χ3n) is 4.33. The Morgan fingerprint density at radius 1 is 0.880 bits per heavy atom. The molecule has 0 aliphatic carbocycles. The Hall–Kier alpha value is -3.34. The highest BCUT2D eigenvalue weighted by atomic mass is 16.5. The zero-order chi connectivity index (χ0) is 17.6. The monoisotopic (exact) mass is 336 g/mol. The van der Waals surface area contributed by atoms with Crippen LogP contribution >= 0.6 is 0 Å². The Bertz CT molecular complexity index is 1090. The summed E-state index contributed by atoms with van der Waals surface area (Å²) in [4.78, 5) is 0. The molecule has 4 aromatic rings. The van der Waals surface area contributed by atoms with Crippen LogP contribution in [0.2, 0.25) is 0 Å². The lowest BCUT2D eigenvalue weighted by Crippen LogP contribution is -1.87. The topological polar surface area (TPSA) is 83.1 Å². The van der Waals surface area contributed by atoms with Crippen molar-refractivity contribution in [1.82, 2.24) is 0 Å². The molecule has 0 saturated carbocycles. The summed E-state index contributed by atoms with van der Waals surface area (Å²) in [6.45, 7) is 0. The number of aromatic hydroxyl groups is 3. The number of phenols is 2. The number of hydrogen-bond donors (Lipinski definition) is 3. The van der Waals surface area contributed by atoms with E-state index >= 15 is 0 Å². The van der Waals surface area contributed by atoms with E-state index in [9.17, 15) is 15.3 Å². The molecule has 25 heavy (non-hydrogen) atoms. The molecule has 0 radical (unpaired) electrons. The lowest BCUT2D eigenvalue weighted by atomic mass is 10.0. The maximum Gasteiger partial charge on any atom is 0.201 e. The standard InChI is InChI=1S/C20H16O5/c1-24-14-5-4-12-8-11(2-3-13(12)10-14)9-17-18(22)15-6-7-16(21)19(23)20(15)25-17/h2-8,10,21-23H,9H2,1H3. The van der Waals surface area contributed by atoms with Gasteiger partial charge in [0.05, 0.1) is 12.5 Å². The van der Waals surface area contributed by atoms with Crippen LogP contribution in [0.15, 0.2) is 52.9 Å². The van der Waals surface area contributed by atoms with E-state index < -0.39 is 0 Å². The van der Waals surface area contributed by atoms with Crippen LogP contribution in [0.3, 0.4) is 0 Å². The number of rotatable bonds is 3. The fourth-order valence-corrected chi connectivity index (χ4v) is 2.99. The van der Waals surface area contributed by atoms with E-state index in [4.69, 9.17) is 9.15 Å². The Morgan fingerprint density at radius 2 is 1.64 bits per heavy atom. The second-order valence-electron chi connectivity index (χ2n) is 5.91. The lowest BCUT2D eigenvalue weighted by Gasteiger charge is -2.05. The number of benzene rings is 3. The van der Waals surface area contributed by atoms with Crippen molar-refractivity contribution in [3.05, 3.63) is 59.9 Å². The first-order chi connectivity index (χ1) is 12.1. The van der Waals surface area contributed by atoms with E-state index in [1.165, 1.54) is 12.1 Å². The van der Waals surface area contributed by atoms with Gasteiger partial charge in [-0.05, 0) is 40.6 Å². The van der Waals surface area contributed by atoms with E-state index in [0.717, 1.165) is 22.1 Å². The minimum Gasteiger partial charge on any atom is -0.504 e. The van der Waals surface area contributed by atoms with Gasteiger partial charge in [-0.25, -0.2) is 0 Å². The van der Waals surface area contributed by atoms with Crippen molar-refractivity contribution in [2.75, 3.05) is 7.11 Å². The number of methoxy groups -OCH3 is 1. The van der Waals surface area contributed by atoms with Gasteiger partial charge < -0.3 is 24.5 Å². The van der Waals surface area contributed by atoms with Crippen molar-refractivity contribution in [2.24, 2.45) is 0 Å². The molecule has 1 heterocycles. The average molecular weight is 336 g/mol. The van der Waals surface area contributed by atoms with Crippen molar-refractivity contribution in [3.8, 4) is 23.0 Å². The molecule has 1 aromatic heterocycles. The van der Waals surface area contributed by atoms with Crippen LogP contribution < -0.4 is 4.74 Å². The van der Waals surface area contributed by atoms with Crippen molar-refractivity contribution >= 4 is 21.7 Å². The van der Waals surface area contributed by atoms with Crippen LogP contribution in [0, 0.1) is 0 Å². The van der Waals surface area contributed by atoms with Crippen molar-refractivity contribution < 1.29 is 24.5 Å². The van der Waals surface area contributed by atoms with Crippen molar-refractivity contribution in [1.29, 1.82) is 0 Å². The summed E-state index contributed by atoms with van der Waals surface area (Å²) in [6.07, 6.45) is 0.364. The molecule has 3 aromatic carbocycles. The highest BCUT2D eigenvalue weighted by molar-refractivity contribution is 5.91. The van der Waals surface area contributed by atoms with Crippen LogP contribution in [0.1, 0.15) is 11.3 Å². The molecule has 0 saturated heterocycles. The Labute approximate surface area is 143 Å². The summed E-state index contributed by atoms with van der Waals surface area (Å²) in [7, 11) is 1.63. The van der Waals surface area contributed by atoms with Crippen LogP contribution in [0.5, 0.6) is 23.0 Å². The minimum atomic E-state index is -0.371. The summed E-state index contributed by atoms with van der Waals surface area (Å²) in [6, 6.07) is 14.6. The predicted octanol–water partition coefficient (Wildman–Crippen LogP) is 4.30. The molecule has 126 valence electrons. The normalized spacial score (nSPS) is 11.2. The minimum absolute atomic E-state index is 0.0277. The third-order valence-corrected chi connectivity index (χ3v) is 4.33. The number of hydrogen-bond acceptors (Lipinski definition) is 5. The molecule has 0 aliphatic rings. The maximum absolute atomic E-state index is 10.3. The third kappa shape index (κ3) is 2.50. The van der Waals surface area contributed by atoms with E-state index in [1.54, 1.807) is 7.11 Å². The van der Waals surface area contributed by atoms with E-state index in [1.807, 2.05) is 36.4 Å². The summed E-state index contributed by atoms with van der Waals surface area (Å²) in [5.74, 6) is 0.450. The first kappa shape index (κ1) is 15.2. The number of fused-ring (bicyclic) bond motifs is 2. The molecular weight excluding hydrogens is 320 g/mol. The highest BCUT2D eigenvalue weighted by Gasteiger charge is 2.18. The van der Waals surface area contributed by atoms with Gasteiger partial charge in [0.1, 0.15) is 5.75 Å². The first-order valence-corrected chi connectivity index (χ1v) is 7.79. The molecule has 0 fully saturated rings. The fourth-order valence-electron chi connectivity index (χ4n) is 2.99. The number of phenolic OH excluding ortho intramolecular Hbond substituents is 2. The summed E-state index contributed by atoms with van der Waals surface area (Å²) >= 11 is 0. The van der Waals surface area contributed by atoms with Crippen molar-refractivity contribution in [2.45, 2.75) is 6.42 Å². The fraction of sp³-hybridized carbons (Fsp3) is 0.100. The van der Waals surface area contributed by atoms with Crippen LogP contribution in [-0.4, -0.2) is 22.4 Å². The first-order valence-electron chi connectivity index (χ1n) is 7.79. The molecule has 0 amide bonds. The number of ether oxygens (including phenoxy) is 1. The molecule has 0 aliphatic heterocycles. The quantitative estimate of drug-likeness (QED) is 0.486. The number of furan rings is 1. The SMILES string of the molecule is COc1ccc2cc(Cc3oc4c(O)c(O)ccc4c3O)ccc2c1. The van der Waals surface area contributed by atoms with Crippen LogP contribution in [-0.2, 0) is 6.42 Å². The van der Waals surface area contributed by atoms with E-state index in [-0.39, 0.29) is 22.8 Å². The smallest absolute Gasteiger partial charge is 0.201 e. The highest BCUT2D eigenvalue weighted by Crippen LogP contribution is 2.41. The zero-order valence-corrected chi connectivity index (χ0v) is 13.5. The Morgan fingerprint density at radius 3 is 2.44 bits per heavy atom. The lowest BCUT2D eigenvalue weighted by molar-refractivity contribution is 0.397. The van der Waals surface area contributed by atoms with Gasteiger partial charge in [-0.3, -0.25) is 0 Å². The van der Waals surface area contributed by atoms with Crippen molar-refractivity contribution in [3.63, 3.8) is 0 Å². The van der Waals surface area contributed by atoms with Gasteiger partial charge in [0.2, 0.25) is 5.75 Å². The maximum atomic E-state index is 10.3. The summed E-state index contributed by atoms with van der Waals surface area (Å²) in [5, 5.41) is 32.3. The molecule has 0 bridgehead atoms. The molecule has 0 spiro atoms. The largest absolute Gasteiger partial charge is 0.504 e. The van der Waals surface area contributed by atoms with Gasteiger partial charge in [0.25, 0.3) is 0 Å². The second-order valence-corrected chi connectivity index (χ2v) is 5.91. The van der Waals surface area contributed by atoms with Crippen LogP contribution in [0.25, 0.3) is 21.7 Å². The molecule has 0 unspecified atom stereocenters. The predicted molar refractivity (Wildman–Crippen MR) is 94.5 cm³/mol. The molecule has 4 rings (SSSR count). The van der Waals surface area contributed by atoms with Gasteiger partial charge in [-0.15, -0.1) is 0 Å². The van der Waals surface area contributed by atoms with Gasteiger partial charge >= 0.3 is 0 Å². The molecule has 5 heteroatoms. The van der Waals surface area contributed by atoms with Gasteiger partial charge in [-0.1, -0.05) is 24.3 Å². The van der Waals surface area contributed by atoms with E-state index in [2.05, 4.69) is 0 Å². The zero-order valence-electron chi connectivity index (χ0n) is 13.5. The van der Waals surface area contributed by atoms with E-state index in [0.29, 0.717) is 17.6 Å². The molecular formula is C20H16O5.